The molecule has 1 atom stereocenters. The zero-order chi connectivity index (χ0) is 23.8. The van der Waals surface area contributed by atoms with Crippen LogP contribution in [0.5, 0.6) is 0 Å². The summed E-state index contributed by atoms with van der Waals surface area (Å²) >= 11 is 1.53. The van der Waals surface area contributed by atoms with E-state index in [1.807, 2.05) is 6.20 Å². The summed E-state index contributed by atoms with van der Waals surface area (Å²) < 4.78 is 13.1. The van der Waals surface area contributed by atoms with E-state index in [0.29, 0.717) is 6.73 Å². The molecule has 3 aromatic rings. The highest BCUT2D eigenvalue weighted by molar-refractivity contribution is 7.04. The van der Waals surface area contributed by atoms with Crippen LogP contribution in [0.3, 0.4) is 0 Å². The van der Waals surface area contributed by atoms with Gasteiger partial charge < -0.3 is 19.5 Å². The second-order valence-electron chi connectivity index (χ2n) is 11.4. The van der Waals surface area contributed by atoms with Gasteiger partial charge in [0, 0.05) is 56.6 Å². The summed E-state index contributed by atoms with van der Waals surface area (Å²) in [5.41, 5.74) is 6.03. The minimum atomic E-state index is -1.12. The second-order valence-corrected chi connectivity index (χ2v) is 17.7. The molecule has 2 aliphatic rings. The molecule has 3 aromatic heterocycles. The van der Waals surface area contributed by atoms with Crippen molar-refractivity contribution in [3.63, 3.8) is 0 Å². The molecule has 2 saturated heterocycles. The van der Waals surface area contributed by atoms with Crippen molar-refractivity contribution in [3.05, 3.63) is 29.4 Å². The van der Waals surface area contributed by atoms with Gasteiger partial charge in [0.05, 0.1) is 16.8 Å². The van der Waals surface area contributed by atoms with E-state index in [2.05, 4.69) is 59.0 Å². The van der Waals surface area contributed by atoms with E-state index < -0.39 is 8.07 Å². The molecule has 5 rings (SSSR count). The maximum absolute atomic E-state index is 6.16. The third-order valence-electron chi connectivity index (χ3n) is 7.46. The summed E-state index contributed by atoms with van der Waals surface area (Å²) in [5.74, 6) is 0. The lowest BCUT2D eigenvalue weighted by Gasteiger charge is -2.47. The fourth-order valence-corrected chi connectivity index (χ4v) is 6.97. The molecule has 0 amide bonds. The standard InChI is InChI=1S/C26H39N5OSSi/c1-20-17-33-29-24(20)21-16-31(19-32-14-15-34(2,3)4)25-23(21)22(8-12-27-25)30-13-7-10-26(18-30)9-5-6-11-28-26/h8,12,16-17,28H,5-7,9-11,13-15,18-19H2,1-4H3. The van der Waals surface area contributed by atoms with E-state index in [9.17, 15) is 0 Å². The molecule has 8 heteroatoms. The van der Waals surface area contributed by atoms with Crippen molar-refractivity contribution in [3.8, 4) is 11.3 Å². The number of anilines is 1. The molecule has 0 aromatic carbocycles. The van der Waals surface area contributed by atoms with Crippen molar-refractivity contribution < 1.29 is 4.74 Å². The number of ether oxygens (including phenoxy) is 1. The highest BCUT2D eigenvalue weighted by Crippen LogP contribution is 2.40. The van der Waals surface area contributed by atoms with Crippen LogP contribution in [0, 0.1) is 6.92 Å². The predicted molar refractivity (Wildman–Crippen MR) is 146 cm³/mol. The number of fused-ring (bicyclic) bond motifs is 1. The third-order valence-corrected chi connectivity index (χ3v) is 9.91. The molecule has 2 aliphatic heterocycles. The Morgan fingerprint density at radius 3 is 2.79 bits per heavy atom. The van der Waals surface area contributed by atoms with Gasteiger partial charge in [-0.05, 0) is 68.4 Å². The van der Waals surface area contributed by atoms with Crippen LogP contribution in [0.1, 0.15) is 37.7 Å². The highest BCUT2D eigenvalue weighted by atomic mass is 32.1. The van der Waals surface area contributed by atoms with Crippen LogP contribution in [0.15, 0.2) is 23.8 Å². The predicted octanol–water partition coefficient (Wildman–Crippen LogP) is 5.89. The maximum atomic E-state index is 6.16. The van der Waals surface area contributed by atoms with E-state index in [1.165, 1.54) is 71.9 Å². The average molecular weight is 498 g/mol. The number of aromatic nitrogens is 3. The molecule has 184 valence electrons. The van der Waals surface area contributed by atoms with Crippen LogP contribution in [0.4, 0.5) is 5.69 Å². The number of nitrogens with one attached hydrogen (secondary N) is 1. The fourth-order valence-electron chi connectivity index (χ4n) is 5.54. The second kappa shape index (κ2) is 9.72. The Kier molecular flexibility index (Phi) is 6.85. The molecule has 5 heterocycles. The lowest BCUT2D eigenvalue weighted by molar-refractivity contribution is 0.0899. The molecule has 1 unspecified atom stereocenters. The Labute approximate surface area is 208 Å². The number of hydrogen-bond acceptors (Lipinski definition) is 6. The minimum absolute atomic E-state index is 0.255. The van der Waals surface area contributed by atoms with Crippen molar-refractivity contribution in [1.29, 1.82) is 0 Å². The van der Waals surface area contributed by atoms with Crippen LogP contribution >= 0.6 is 11.5 Å². The average Bonchev–Trinajstić information content (AvgIpc) is 3.40. The first-order valence-electron chi connectivity index (χ1n) is 12.8. The molecule has 0 radical (unpaired) electrons. The smallest absolute Gasteiger partial charge is 0.144 e. The highest BCUT2D eigenvalue weighted by Gasteiger charge is 2.37. The summed E-state index contributed by atoms with van der Waals surface area (Å²) in [6, 6.07) is 3.39. The number of nitrogens with zero attached hydrogens (tertiary/aromatic N) is 4. The number of hydrogen-bond donors (Lipinski definition) is 1. The monoisotopic (exact) mass is 497 g/mol. The fraction of sp³-hybridized carbons (Fsp3) is 0.615. The zero-order valence-corrected chi connectivity index (χ0v) is 23.0. The van der Waals surface area contributed by atoms with Gasteiger partial charge in [0.25, 0.3) is 0 Å². The first-order valence-corrected chi connectivity index (χ1v) is 17.4. The van der Waals surface area contributed by atoms with E-state index in [1.54, 1.807) is 0 Å². The van der Waals surface area contributed by atoms with Gasteiger partial charge in [-0.3, -0.25) is 0 Å². The quantitative estimate of drug-likeness (QED) is 0.326. The van der Waals surface area contributed by atoms with Crippen LogP contribution in [-0.2, 0) is 11.5 Å². The third kappa shape index (κ3) is 4.96. The zero-order valence-electron chi connectivity index (χ0n) is 21.2. The van der Waals surface area contributed by atoms with Gasteiger partial charge in [0.15, 0.2) is 0 Å². The lowest BCUT2D eigenvalue weighted by Crippen LogP contribution is -2.59. The van der Waals surface area contributed by atoms with Crippen molar-refractivity contribution in [2.45, 2.75) is 77.0 Å². The number of pyridine rings is 1. The summed E-state index contributed by atoms with van der Waals surface area (Å²) in [4.78, 5) is 7.46. The number of rotatable bonds is 7. The molecule has 34 heavy (non-hydrogen) atoms. The molecular formula is C26H39N5OSSi. The summed E-state index contributed by atoms with van der Waals surface area (Å²) in [6.45, 7) is 14.0. The van der Waals surface area contributed by atoms with Gasteiger partial charge >= 0.3 is 0 Å². The van der Waals surface area contributed by atoms with Crippen LogP contribution in [0.2, 0.25) is 25.7 Å². The van der Waals surface area contributed by atoms with Gasteiger partial charge in [0.1, 0.15) is 12.4 Å². The van der Waals surface area contributed by atoms with Crippen LogP contribution in [0.25, 0.3) is 22.3 Å². The normalized spacial score (nSPS) is 21.6. The van der Waals surface area contributed by atoms with Gasteiger partial charge in [-0.25, -0.2) is 4.98 Å². The summed E-state index contributed by atoms with van der Waals surface area (Å²) in [6.07, 6.45) is 10.6. The Morgan fingerprint density at radius 1 is 1.21 bits per heavy atom. The molecule has 0 aliphatic carbocycles. The first-order chi connectivity index (χ1) is 16.4. The Hall–Kier alpha value is -1.74. The number of piperidine rings is 2. The molecule has 2 fully saturated rings. The molecule has 0 saturated carbocycles. The summed E-state index contributed by atoms with van der Waals surface area (Å²) in [5, 5.41) is 7.26. The van der Waals surface area contributed by atoms with Crippen molar-refractivity contribution in [1.82, 2.24) is 19.2 Å². The van der Waals surface area contributed by atoms with Gasteiger partial charge in [-0.15, -0.1) is 0 Å². The van der Waals surface area contributed by atoms with Crippen LogP contribution in [-0.4, -0.2) is 53.8 Å². The van der Waals surface area contributed by atoms with E-state index in [0.717, 1.165) is 37.6 Å². The largest absolute Gasteiger partial charge is 0.369 e. The van der Waals surface area contributed by atoms with Gasteiger partial charge in [-0.2, -0.15) is 4.37 Å². The van der Waals surface area contributed by atoms with Gasteiger partial charge in [0.2, 0.25) is 0 Å². The Balaban J connectivity index is 1.51. The molecule has 1 N–H and O–H groups in total. The SMILES string of the molecule is Cc1csnc1-c1cn(COCC[Si](C)(C)C)c2nccc(N3CCCC4(CCCCN4)C3)c12. The van der Waals surface area contributed by atoms with E-state index >= 15 is 0 Å². The molecule has 1 spiro atoms. The van der Waals surface area contributed by atoms with Crippen molar-refractivity contribution >= 4 is 36.3 Å². The molecule has 6 nitrogen and oxygen atoms in total. The van der Waals surface area contributed by atoms with Crippen LogP contribution < -0.4 is 10.2 Å². The van der Waals surface area contributed by atoms with Crippen molar-refractivity contribution in [2.75, 3.05) is 31.1 Å². The van der Waals surface area contributed by atoms with Gasteiger partial charge in [-0.1, -0.05) is 26.1 Å². The molecular weight excluding hydrogens is 458 g/mol. The lowest BCUT2D eigenvalue weighted by atomic mass is 9.81. The minimum Gasteiger partial charge on any atom is -0.369 e. The number of aryl methyl sites for hydroxylation is 1. The maximum Gasteiger partial charge on any atom is 0.144 e. The Bertz CT molecular complexity index is 1120. The Morgan fingerprint density at radius 2 is 2.06 bits per heavy atom. The topological polar surface area (TPSA) is 55.2 Å². The first kappa shape index (κ1) is 24.0. The van der Waals surface area contributed by atoms with E-state index in [-0.39, 0.29) is 5.54 Å². The molecule has 0 bridgehead atoms. The van der Waals surface area contributed by atoms with E-state index in [4.69, 9.17) is 14.1 Å². The summed E-state index contributed by atoms with van der Waals surface area (Å²) in [7, 11) is -1.12. The van der Waals surface area contributed by atoms with Crippen molar-refractivity contribution in [2.24, 2.45) is 0 Å².